The number of likely N-dealkylation sites (tertiary alicyclic amines) is 1. The summed E-state index contributed by atoms with van der Waals surface area (Å²) in [6.07, 6.45) is 2.15. The smallest absolute Gasteiger partial charge is 0.321 e. The number of piperidine rings is 1. The largest absolute Gasteiger partial charge is 0.493 e. The Labute approximate surface area is 168 Å². The van der Waals surface area contributed by atoms with E-state index in [1.54, 1.807) is 7.11 Å². The molecule has 0 unspecified atom stereocenters. The predicted molar refractivity (Wildman–Crippen MR) is 111 cm³/mol. The Balaban J connectivity index is 1.46. The second-order valence-electron chi connectivity index (χ2n) is 7.76. The van der Waals surface area contributed by atoms with E-state index in [1.807, 2.05) is 30.0 Å². The minimum Gasteiger partial charge on any atom is -0.493 e. The summed E-state index contributed by atoms with van der Waals surface area (Å²) in [5.74, 6) is 2.01. The fourth-order valence-corrected chi connectivity index (χ4v) is 3.94. The molecule has 1 aromatic rings. The summed E-state index contributed by atoms with van der Waals surface area (Å²) in [6.45, 7) is 9.96. The van der Waals surface area contributed by atoms with Crippen molar-refractivity contribution < 1.29 is 14.3 Å². The SMILES string of the molecule is CCOc1ccc(NC(=O)N2CCC(CN3CCN(C)CC3)CC2)cc1OC. The number of piperazine rings is 1. The lowest BCUT2D eigenvalue weighted by Crippen LogP contribution is -2.48. The number of ether oxygens (including phenoxy) is 2. The van der Waals surface area contributed by atoms with Gasteiger partial charge in [0, 0.05) is 57.6 Å². The van der Waals surface area contributed by atoms with Crippen LogP contribution in [0.1, 0.15) is 19.8 Å². The van der Waals surface area contributed by atoms with Crippen LogP contribution in [0.2, 0.25) is 0 Å². The van der Waals surface area contributed by atoms with Gasteiger partial charge in [-0.2, -0.15) is 0 Å². The third-order valence-corrected chi connectivity index (χ3v) is 5.73. The van der Waals surface area contributed by atoms with Crippen molar-refractivity contribution in [2.24, 2.45) is 5.92 Å². The summed E-state index contributed by atoms with van der Waals surface area (Å²) in [5.41, 5.74) is 0.727. The average Bonchev–Trinajstić information content (AvgIpc) is 2.71. The van der Waals surface area contributed by atoms with E-state index in [9.17, 15) is 4.79 Å². The number of hydrogen-bond donors (Lipinski definition) is 1. The number of methoxy groups -OCH3 is 1. The molecule has 2 amide bonds. The van der Waals surface area contributed by atoms with Crippen LogP contribution in [0.4, 0.5) is 10.5 Å². The molecule has 0 atom stereocenters. The van der Waals surface area contributed by atoms with Crippen molar-refractivity contribution in [1.82, 2.24) is 14.7 Å². The van der Waals surface area contributed by atoms with E-state index < -0.39 is 0 Å². The highest BCUT2D eigenvalue weighted by molar-refractivity contribution is 5.89. The maximum Gasteiger partial charge on any atom is 0.321 e. The van der Waals surface area contributed by atoms with Gasteiger partial charge < -0.3 is 29.5 Å². The van der Waals surface area contributed by atoms with Crippen LogP contribution in [0.15, 0.2) is 18.2 Å². The minimum atomic E-state index is -0.0377. The minimum absolute atomic E-state index is 0.0377. The number of hydrogen-bond acceptors (Lipinski definition) is 5. The first-order valence-electron chi connectivity index (χ1n) is 10.4. The molecule has 0 aliphatic carbocycles. The second kappa shape index (κ2) is 9.98. The maximum atomic E-state index is 12.6. The van der Waals surface area contributed by atoms with Gasteiger partial charge in [-0.3, -0.25) is 0 Å². The van der Waals surface area contributed by atoms with Crippen molar-refractivity contribution in [3.05, 3.63) is 18.2 Å². The van der Waals surface area contributed by atoms with Crippen LogP contribution >= 0.6 is 0 Å². The molecular weight excluding hydrogens is 356 g/mol. The van der Waals surface area contributed by atoms with Gasteiger partial charge in [0.2, 0.25) is 0 Å². The van der Waals surface area contributed by atoms with Gasteiger partial charge in [-0.1, -0.05) is 0 Å². The Hall–Kier alpha value is -1.99. The van der Waals surface area contributed by atoms with Crippen LogP contribution in [-0.4, -0.2) is 87.3 Å². The van der Waals surface area contributed by atoms with Crippen LogP contribution in [-0.2, 0) is 0 Å². The van der Waals surface area contributed by atoms with E-state index in [0.29, 0.717) is 24.0 Å². The number of amides is 2. The number of urea groups is 1. The summed E-state index contributed by atoms with van der Waals surface area (Å²) >= 11 is 0. The van der Waals surface area contributed by atoms with E-state index in [2.05, 4.69) is 22.2 Å². The Morgan fingerprint density at radius 2 is 1.82 bits per heavy atom. The molecule has 2 aliphatic heterocycles. The summed E-state index contributed by atoms with van der Waals surface area (Å²) in [4.78, 5) is 19.5. The van der Waals surface area contributed by atoms with Crippen LogP contribution in [0, 0.1) is 5.92 Å². The topological polar surface area (TPSA) is 57.3 Å². The molecule has 156 valence electrons. The van der Waals surface area contributed by atoms with Crippen LogP contribution < -0.4 is 14.8 Å². The molecule has 1 aromatic carbocycles. The zero-order valence-corrected chi connectivity index (χ0v) is 17.4. The highest BCUT2D eigenvalue weighted by Gasteiger charge is 2.25. The molecule has 2 fully saturated rings. The third kappa shape index (κ3) is 5.52. The molecule has 0 aromatic heterocycles. The molecule has 0 saturated carbocycles. The standard InChI is InChI=1S/C21H34N4O3/c1-4-28-19-6-5-18(15-20(19)27-3)22-21(26)25-9-7-17(8-10-25)16-24-13-11-23(2)12-14-24/h5-6,15,17H,4,7-14,16H2,1-3H3,(H,22,26). The summed E-state index contributed by atoms with van der Waals surface area (Å²) < 4.78 is 10.9. The quantitative estimate of drug-likeness (QED) is 0.809. The predicted octanol–water partition coefficient (Wildman–Crippen LogP) is 2.59. The number of rotatable bonds is 6. The number of nitrogens with one attached hydrogen (secondary N) is 1. The monoisotopic (exact) mass is 390 g/mol. The van der Waals surface area contributed by atoms with E-state index >= 15 is 0 Å². The third-order valence-electron chi connectivity index (χ3n) is 5.73. The average molecular weight is 391 g/mol. The Kier molecular flexibility index (Phi) is 7.39. The molecular formula is C21H34N4O3. The Bertz CT molecular complexity index is 639. The summed E-state index contributed by atoms with van der Waals surface area (Å²) in [6, 6.07) is 5.46. The molecule has 28 heavy (non-hydrogen) atoms. The lowest BCUT2D eigenvalue weighted by Gasteiger charge is -2.37. The van der Waals surface area contributed by atoms with Crippen molar-refractivity contribution in [2.45, 2.75) is 19.8 Å². The lowest BCUT2D eigenvalue weighted by atomic mass is 9.96. The number of carbonyl (C=O) groups excluding carboxylic acids is 1. The van der Waals surface area contributed by atoms with E-state index in [0.717, 1.165) is 57.8 Å². The maximum absolute atomic E-state index is 12.6. The van der Waals surface area contributed by atoms with Gasteiger partial charge in [0.15, 0.2) is 11.5 Å². The number of likely N-dealkylation sites (N-methyl/N-ethyl adjacent to an activating group) is 1. The van der Waals surface area contributed by atoms with Gasteiger partial charge in [0.05, 0.1) is 13.7 Å². The first-order valence-corrected chi connectivity index (χ1v) is 10.4. The molecule has 7 nitrogen and oxygen atoms in total. The molecule has 0 radical (unpaired) electrons. The molecule has 2 heterocycles. The lowest BCUT2D eigenvalue weighted by molar-refractivity contribution is 0.113. The number of anilines is 1. The van der Waals surface area contributed by atoms with Gasteiger partial charge >= 0.3 is 6.03 Å². The first kappa shape index (κ1) is 20.7. The highest BCUT2D eigenvalue weighted by Crippen LogP contribution is 2.30. The molecule has 0 spiro atoms. The zero-order chi connectivity index (χ0) is 19.9. The molecule has 1 N–H and O–H groups in total. The van der Waals surface area contributed by atoms with Crippen molar-refractivity contribution >= 4 is 11.7 Å². The second-order valence-corrected chi connectivity index (χ2v) is 7.76. The van der Waals surface area contributed by atoms with Crippen molar-refractivity contribution in [2.75, 3.05) is 71.9 Å². The highest BCUT2D eigenvalue weighted by atomic mass is 16.5. The Morgan fingerprint density at radius 1 is 1.11 bits per heavy atom. The Morgan fingerprint density at radius 3 is 2.46 bits per heavy atom. The molecule has 7 heteroatoms. The van der Waals surface area contributed by atoms with Gasteiger partial charge in [0.25, 0.3) is 0 Å². The zero-order valence-electron chi connectivity index (χ0n) is 17.4. The van der Waals surface area contributed by atoms with Gasteiger partial charge in [-0.25, -0.2) is 4.79 Å². The van der Waals surface area contributed by atoms with Crippen LogP contribution in [0.5, 0.6) is 11.5 Å². The molecule has 0 bridgehead atoms. The van der Waals surface area contributed by atoms with Gasteiger partial charge in [-0.05, 0) is 44.9 Å². The van der Waals surface area contributed by atoms with Crippen molar-refractivity contribution in [3.8, 4) is 11.5 Å². The first-order chi connectivity index (χ1) is 13.6. The van der Waals surface area contributed by atoms with E-state index in [4.69, 9.17) is 9.47 Å². The van der Waals surface area contributed by atoms with Crippen molar-refractivity contribution in [3.63, 3.8) is 0 Å². The number of nitrogens with zero attached hydrogens (tertiary/aromatic N) is 3. The van der Waals surface area contributed by atoms with E-state index in [1.165, 1.54) is 6.54 Å². The van der Waals surface area contributed by atoms with Crippen LogP contribution in [0.3, 0.4) is 0 Å². The van der Waals surface area contributed by atoms with Gasteiger partial charge in [0.1, 0.15) is 0 Å². The van der Waals surface area contributed by atoms with Crippen molar-refractivity contribution in [1.29, 1.82) is 0 Å². The fraction of sp³-hybridized carbons (Fsp3) is 0.667. The number of carbonyl (C=O) groups is 1. The normalized spacial score (nSPS) is 19.5. The summed E-state index contributed by atoms with van der Waals surface area (Å²) in [5, 5.41) is 2.99. The molecule has 2 saturated heterocycles. The summed E-state index contributed by atoms with van der Waals surface area (Å²) in [7, 11) is 3.79. The fourth-order valence-electron chi connectivity index (χ4n) is 3.94. The van der Waals surface area contributed by atoms with Gasteiger partial charge in [-0.15, -0.1) is 0 Å². The number of benzene rings is 1. The molecule has 3 rings (SSSR count). The van der Waals surface area contributed by atoms with E-state index in [-0.39, 0.29) is 6.03 Å². The van der Waals surface area contributed by atoms with Crippen LogP contribution in [0.25, 0.3) is 0 Å². The molecule has 2 aliphatic rings.